The fourth-order valence-electron chi connectivity index (χ4n) is 2.73. The number of benzene rings is 1. The van der Waals surface area contributed by atoms with Crippen LogP contribution in [0.3, 0.4) is 0 Å². The fraction of sp³-hybridized carbons (Fsp3) is 0.562. The second-order valence-corrected chi connectivity index (χ2v) is 5.65. The average molecular weight is 273 g/mol. The van der Waals surface area contributed by atoms with Crippen molar-refractivity contribution in [1.82, 2.24) is 9.91 Å². The number of morpholine rings is 1. The van der Waals surface area contributed by atoms with Crippen molar-refractivity contribution >= 4 is 6.21 Å². The Morgan fingerprint density at radius 1 is 1.15 bits per heavy atom. The summed E-state index contributed by atoms with van der Waals surface area (Å²) in [5.74, 6) is 0.445. The number of nitrogens with zero attached hydrogens (tertiary/aromatic N) is 3. The van der Waals surface area contributed by atoms with Crippen molar-refractivity contribution < 1.29 is 4.74 Å². The van der Waals surface area contributed by atoms with Crippen LogP contribution in [-0.2, 0) is 4.74 Å². The summed E-state index contributed by atoms with van der Waals surface area (Å²) < 4.78 is 5.37. The molecule has 1 aromatic carbocycles. The molecule has 0 amide bonds. The highest BCUT2D eigenvalue weighted by Crippen LogP contribution is 2.20. The van der Waals surface area contributed by atoms with Gasteiger partial charge in [0, 0.05) is 44.9 Å². The van der Waals surface area contributed by atoms with Crippen molar-refractivity contribution in [3.8, 4) is 0 Å². The highest BCUT2D eigenvalue weighted by molar-refractivity contribution is 5.69. The second-order valence-electron chi connectivity index (χ2n) is 5.65. The number of ether oxygens (including phenoxy) is 1. The maximum Gasteiger partial charge on any atom is 0.0594 e. The smallest absolute Gasteiger partial charge is 0.0594 e. The van der Waals surface area contributed by atoms with Crippen molar-refractivity contribution in [3.05, 3.63) is 35.4 Å². The second kappa shape index (κ2) is 6.37. The summed E-state index contributed by atoms with van der Waals surface area (Å²) >= 11 is 0. The van der Waals surface area contributed by atoms with Crippen molar-refractivity contribution in [2.45, 2.75) is 12.8 Å². The summed E-state index contributed by atoms with van der Waals surface area (Å²) in [5, 5.41) is 6.75. The molecule has 0 radical (unpaired) electrons. The van der Waals surface area contributed by atoms with Gasteiger partial charge in [-0.05, 0) is 12.5 Å². The first-order valence-corrected chi connectivity index (χ1v) is 7.47. The van der Waals surface area contributed by atoms with Crippen LogP contribution in [0.15, 0.2) is 29.4 Å². The largest absolute Gasteiger partial charge is 0.379 e. The summed E-state index contributed by atoms with van der Waals surface area (Å²) in [6, 6.07) is 8.80. The van der Waals surface area contributed by atoms with Gasteiger partial charge in [-0.2, -0.15) is 5.10 Å². The van der Waals surface area contributed by atoms with Gasteiger partial charge in [-0.15, -0.1) is 0 Å². The van der Waals surface area contributed by atoms with Gasteiger partial charge in [0.05, 0.1) is 13.2 Å². The van der Waals surface area contributed by atoms with E-state index in [-0.39, 0.29) is 0 Å². The SMILES string of the molecule is Cc1ccc(C2C=NN(CCN3CCOCC3)C2)cc1. The van der Waals surface area contributed by atoms with Crippen LogP contribution in [0.5, 0.6) is 0 Å². The summed E-state index contributed by atoms with van der Waals surface area (Å²) in [5.41, 5.74) is 2.68. The van der Waals surface area contributed by atoms with E-state index in [4.69, 9.17) is 4.74 Å². The van der Waals surface area contributed by atoms with E-state index in [9.17, 15) is 0 Å². The van der Waals surface area contributed by atoms with E-state index in [1.54, 1.807) is 0 Å². The Bertz CT molecular complexity index is 451. The molecule has 0 aliphatic carbocycles. The normalized spacial score (nSPS) is 23.4. The molecule has 1 unspecified atom stereocenters. The summed E-state index contributed by atoms with van der Waals surface area (Å²) in [6.45, 7) is 9.08. The molecule has 4 nitrogen and oxygen atoms in total. The molecular weight excluding hydrogens is 250 g/mol. The van der Waals surface area contributed by atoms with Crippen LogP contribution in [-0.4, -0.2) is 62.1 Å². The van der Waals surface area contributed by atoms with Gasteiger partial charge in [0.25, 0.3) is 0 Å². The predicted octanol–water partition coefficient (Wildman–Crippen LogP) is 1.71. The van der Waals surface area contributed by atoms with Crippen LogP contribution in [0.2, 0.25) is 0 Å². The Balaban J connectivity index is 1.47. The van der Waals surface area contributed by atoms with Crippen LogP contribution in [0.25, 0.3) is 0 Å². The van der Waals surface area contributed by atoms with Gasteiger partial charge < -0.3 is 4.74 Å². The molecule has 20 heavy (non-hydrogen) atoms. The highest BCUT2D eigenvalue weighted by Gasteiger charge is 2.20. The van der Waals surface area contributed by atoms with Crippen molar-refractivity contribution in [2.75, 3.05) is 45.9 Å². The van der Waals surface area contributed by atoms with Gasteiger partial charge in [-0.1, -0.05) is 29.8 Å². The minimum Gasteiger partial charge on any atom is -0.379 e. The molecular formula is C16H23N3O. The van der Waals surface area contributed by atoms with Crippen molar-refractivity contribution in [3.63, 3.8) is 0 Å². The molecule has 2 aliphatic rings. The van der Waals surface area contributed by atoms with E-state index in [1.807, 2.05) is 0 Å². The fourth-order valence-corrected chi connectivity index (χ4v) is 2.73. The highest BCUT2D eigenvalue weighted by atomic mass is 16.5. The molecule has 2 heterocycles. The molecule has 1 aromatic rings. The number of aryl methyl sites for hydroxylation is 1. The van der Waals surface area contributed by atoms with Crippen LogP contribution >= 0.6 is 0 Å². The van der Waals surface area contributed by atoms with E-state index in [2.05, 4.69) is 52.4 Å². The predicted molar refractivity (Wildman–Crippen MR) is 81.2 cm³/mol. The third kappa shape index (κ3) is 3.38. The van der Waals surface area contributed by atoms with Gasteiger partial charge in [0.15, 0.2) is 0 Å². The number of hydrogen-bond donors (Lipinski definition) is 0. The van der Waals surface area contributed by atoms with Crippen molar-refractivity contribution in [2.24, 2.45) is 5.10 Å². The van der Waals surface area contributed by atoms with Crippen LogP contribution in [0, 0.1) is 6.92 Å². The molecule has 1 atom stereocenters. The molecule has 1 saturated heterocycles. The quantitative estimate of drug-likeness (QED) is 0.836. The maximum atomic E-state index is 5.37. The van der Waals surface area contributed by atoms with Crippen LogP contribution < -0.4 is 0 Å². The van der Waals surface area contributed by atoms with E-state index in [1.165, 1.54) is 11.1 Å². The van der Waals surface area contributed by atoms with Crippen molar-refractivity contribution in [1.29, 1.82) is 0 Å². The Morgan fingerprint density at radius 2 is 1.90 bits per heavy atom. The lowest BCUT2D eigenvalue weighted by atomic mass is 10.00. The summed E-state index contributed by atoms with van der Waals surface area (Å²) in [7, 11) is 0. The number of hydrazone groups is 1. The zero-order valence-electron chi connectivity index (χ0n) is 12.2. The molecule has 0 bridgehead atoms. The van der Waals surface area contributed by atoms with Crippen LogP contribution in [0.4, 0.5) is 0 Å². The third-order valence-electron chi connectivity index (χ3n) is 4.10. The van der Waals surface area contributed by atoms with E-state index < -0.39 is 0 Å². The van der Waals surface area contributed by atoms with E-state index in [0.29, 0.717) is 5.92 Å². The molecule has 4 heteroatoms. The molecule has 0 aromatic heterocycles. The monoisotopic (exact) mass is 273 g/mol. The third-order valence-corrected chi connectivity index (χ3v) is 4.10. The zero-order chi connectivity index (χ0) is 13.8. The van der Waals surface area contributed by atoms with Crippen LogP contribution in [0.1, 0.15) is 17.0 Å². The molecule has 0 saturated carbocycles. The Hall–Kier alpha value is -1.39. The molecule has 2 aliphatic heterocycles. The number of hydrogen-bond acceptors (Lipinski definition) is 4. The molecule has 108 valence electrons. The lowest BCUT2D eigenvalue weighted by Gasteiger charge is -2.28. The first-order valence-electron chi connectivity index (χ1n) is 7.47. The molecule has 0 N–H and O–H groups in total. The molecule has 1 fully saturated rings. The minimum absolute atomic E-state index is 0.445. The topological polar surface area (TPSA) is 28.1 Å². The lowest BCUT2D eigenvalue weighted by molar-refractivity contribution is 0.0339. The Kier molecular flexibility index (Phi) is 4.33. The Morgan fingerprint density at radius 3 is 2.65 bits per heavy atom. The van der Waals surface area contributed by atoms with E-state index in [0.717, 1.165) is 45.9 Å². The van der Waals surface area contributed by atoms with Gasteiger partial charge in [0.1, 0.15) is 0 Å². The standard InChI is InChI=1S/C16H23N3O/c1-14-2-4-15(5-3-14)16-12-17-19(13-16)7-6-18-8-10-20-11-9-18/h2-5,12,16H,6-11,13H2,1H3. The first kappa shape index (κ1) is 13.6. The summed E-state index contributed by atoms with van der Waals surface area (Å²) in [6.07, 6.45) is 2.09. The van der Waals surface area contributed by atoms with Gasteiger partial charge in [-0.25, -0.2) is 0 Å². The van der Waals surface area contributed by atoms with Gasteiger partial charge in [0.2, 0.25) is 0 Å². The minimum atomic E-state index is 0.445. The van der Waals surface area contributed by atoms with E-state index >= 15 is 0 Å². The van der Waals surface area contributed by atoms with Gasteiger partial charge in [-0.3, -0.25) is 9.91 Å². The Labute approximate surface area is 121 Å². The first-order chi connectivity index (χ1) is 9.81. The number of rotatable bonds is 4. The zero-order valence-corrected chi connectivity index (χ0v) is 12.2. The summed E-state index contributed by atoms with van der Waals surface area (Å²) in [4.78, 5) is 2.46. The lowest BCUT2D eigenvalue weighted by Crippen LogP contribution is -2.40. The maximum absolute atomic E-state index is 5.37. The average Bonchev–Trinajstić information content (AvgIpc) is 2.96. The van der Waals surface area contributed by atoms with Gasteiger partial charge >= 0.3 is 0 Å². The molecule has 3 rings (SSSR count). The molecule has 0 spiro atoms.